The summed E-state index contributed by atoms with van der Waals surface area (Å²) in [5.74, 6) is -1.75. The molecule has 0 saturated carbocycles. The van der Waals surface area contributed by atoms with Gasteiger partial charge in [-0.1, -0.05) is 0 Å². The van der Waals surface area contributed by atoms with Crippen LogP contribution < -0.4 is 5.73 Å². The van der Waals surface area contributed by atoms with E-state index in [1.165, 1.54) is 7.05 Å². The fourth-order valence-corrected chi connectivity index (χ4v) is 1.86. The molecule has 96 valence electrons. The molecule has 0 aromatic carbocycles. The van der Waals surface area contributed by atoms with Gasteiger partial charge in [-0.15, -0.1) is 0 Å². The minimum absolute atomic E-state index is 0.238. The number of hydrogen-bond acceptors (Lipinski definition) is 4. The lowest BCUT2D eigenvalue weighted by Crippen LogP contribution is -2.63. The van der Waals surface area contributed by atoms with E-state index in [1.807, 2.05) is 0 Å². The first-order chi connectivity index (χ1) is 7.71. The lowest BCUT2D eigenvalue weighted by molar-refractivity contribution is -0.151. The van der Waals surface area contributed by atoms with Crippen LogP contribution in [0.3, 0.4) is 0 Å². The van der Waals surface area contributed by atoms with Crippen LogP contribution in [0.4, 0.5) is 4.79 Å². The van der Waals surface area contributed by atoms with Gasteiger partial charge in [0, 0.05) is 12.6 Å². The second-order valence-corrected chi connectivity index (χ2v) is 5.15. The summed E-state index contributed by atoms with van der Waals surface area (Å²) in [6.45, 7) is 5.51. The van der Waals surface area contributed by atoms with Gasteiger partial charge in [0.2, 0.25) is 11.8 Å². The molecule has 0 aliphatic carbocycles. The van der Waals surface area contributed by atoms with Crippen molar-refractivity contribution in [2.75, 3.05) is 13.6 Å². The van der Waals surface area contributed by atoms with Crippen LogP contribution in [0.1, 0.15) is 27.2 Å². The number of imide groups is 2. The first kappa shape index (κ1) is 13.6. The Morgan fingerprint density at radius 2 is 1.71 bits per heavy atom. The Balaban J connectivity index is 3.12. The number of barbiturate groups is 1. The Hall–Kier alpha value is -1.43. The van der Waals surface area contributed by atoms with Crippen LogP contribution in [0, 0.1) is 5.92 Å². The molecule has 17 heavy (non-hydrogen) atoms. The largest absolute Gasteiger partial charge is 0.333 e. The maximum atomic E-state index is 12.1. The van der Waals surface area contributed by atoms with Gasteiger partial charge in [0.25, 0.3) is 0 Å². The van der Waals surface area contributed by atoms with E-state index in [4.69, 9.17) is 5.73 Å². The third-order valence-corrected chi connectivity index (χ3v) is 2.75. The maximum Gasteiger partial charge on any atom is 0.333 e. The molecule has 1 heterocycles. The van der Waals surface area contributed by atoms with Gasteiger partial charge in [0.05, 0.1) is 0 Å². The highest BCUT2D eigenvalue weighted by Gasteiger charge is 2.47. The number of urea groups is 1. The molecule has 1 unspecified atom stereocenters. The highest BCUT2D eigenvalue weighted by atomic mass is 16.2. The van der Waals surface area contributed by atoms with Gasteiger partial charge in [0.1, 0.15) is 5.92 Å². The molecule has 1 atom stereocenters. The Bertz CT molecular complexity index is 359. The highest BCUT2D eigenvalue weighted by molar-refractivity contribution is 6.16. The van der Waals surface area contributed by atoms with Gasteiger partial charge >= 0.3 is 6.03 Å². The van der Waals surface area contributed by atoms with Gasteiger partial charge in [-0.3, -0.25) is 19.4 Å². The number of hydrogen-bond donors (Lipinski definition) is 1. The van der Waals surface area contributed by atoms with Crippen molar-refractivity contribution in [2.24, 2.45) is 11.7 Å². The zero-order valence-corrected chi connectivity index (χ0v) is 10.7. The van der Waals surface area contributed by atoms with E-state index in [0.29, 0.717) is 0 Å². The zero-order valence-electron chi connectivity index (χ0n) is 10.7. The van der Waals surface area contributed by atoms with Crippen LogP contribution >= 0.6 is 0 Å². The van der Waals surface area contributed by atoms with Gasteiger partial charge in [-0.2, -0.15) is 0 Å². The number of rotatable bonds is 2. The van der Waals surface area contributed by atoms with Crippen LogP contribution in [0.15, 0.2) is 0 Å². The van der Waals surface area contributed by atoms with Crippen LogP contribution in [0.5, 0.6) is 0 Å². The Morgan fingerprint density at radius 3 is 2.12 bits per heavy atom. The fourth-order valence-electron chi connectivity index (χ4n) is 1.86. The highest BCUT2D eigenvalue weighted by Crippen LogP contribution is 2.25. The number of nitrogens with two attached hydrogens (primary N) is 1. The third kappa shape index (κ3) is 2.31. The minimum atomic E-state index is -0.832. The van der Waals surface area contributed by atoms with E-state index in [2.05, 4.69) is 0 Å². The normalized spacial score (nSPS) is 22.4. The maximum absolute atomic E-state index is 12.1. The number of amides is 4. The van der Waals surface area contributed by atoms with E-state index >= 15 is 0 Å². The average Bonchev–Trinajstić information content (AvgIpc) is 2.19. The van der Waals surface area contributed by atoms with Crippen LogP contribution in [-0.4, -0.2) is 46.8 Å². The molecular formula is C11H19N3O3. The SMILES string of the molecule is CN1C(=O)C(CCN)C(=O)N(C(C)(C)C)C1=O. The summed E-state index contributed by atoms with van der Waals surface area (Å²) < 4.78 is 0. The van der Waals surface area contributed by atoms with E-state index in [1.54, 1.807) is 20.8 Å². The van der Waals surface area contributed by atoms with Crippen molar-refractivity contribution in [1.82, 2.24) is 9.80 Å². The third-order valence-electron chi connectivity index (χ3n) is 2.75. The topological polar surface area (TPSA) is 83.7 Å². The zero-order chi connectivity index (χ0) is 13.4. The van der Waals surface area contributed by atoms with Crippen LogP contribution in [0.2, 0.25) is 0 Å². The molecule has 0 aromatic heterocycles. The molecule has 6 nitrogen and oxygen atoms in total. The standard InChI is InChI=1S/C11H19N3O3/c1-11(2,3)14-9(16)7(5-6-12)8(15)13(4)10(14)17/h7H,5-6,12H2,1-4H3. The van der Waals surface area contributed by atoms with Crippen molar-refractivity contribution >= 4 is 17.8 Å². The predicted molar refractivity (Wildman–Crippen MR) is 61.9 cm³/mol. The molecule has 0 radical (unpaired) electrons. The van der Waals surface area contributed by atoms with E-state index in [-0.39, 0.29) is 13.0 Å². The number of carbonyl (C=O) groups excluding carboxylic acids is 3. The minimum Gasteiger partial charge on any atom is -0.330 e. The Kier molecular flexibility index (Phi) is 3.56. The molecule has 0 bridgehead atoms. The van der Waals surface area contributed by atoms with Crippen molar-refractivity contribution in [1.29, 1.82) is 0 Å². The Morgan fingerprint density at radius 1 is 1.18 bits per heavy atom. The van der Waals surface area contributed by atoms with Crippen molar-refractivity contribution < 1.29 is 14.4 Å². The monoisotopic (exact) mass is 241 g/mol. The Labute approximate surface area is 101 Å². The summed E-state index contributed by atoms with van der Waals surface area (Å²) in [6.07, 6.45) is 0.266. The predicted octanol–water partition coefficient (Wildman–Crippen LogP) is 0.170. The van der Waals surface area contributed by atoms with Crippen molar-refractivity contribution in [2.45, 2.75) is 32.7 Å². The lowest BCUT2D eigenvalue weighted by Gasteiger charge is -2.42. The van der Waals surface area contributed by atoms with Crippen molar-refractivity contribution in [3.8, 4) is 0 Å². The quantitative estimate of drug-likeness (QED) is 0.698. The molecular weight excluding hydrogens is 222 g/mol. The molecule has 1 saturated heterocycles. The summed E-state index contributed by atoms with van der Waals surface area (Å²) in [6, 6.07) is -0.569. The summed E-state index contributed by atoms with van der Waals surface area (Å²) in [7, 11) is 1.39. The summed E-state index contributed by atoms with van der Waals surface area (Å²) in [5.41, 5.74) is 4.75. The average molecular weight is 241 g/mol. The molecule has 4 amide bonds. The molecule has 0 spiro atoms. The fraction of sp³-hybridized carbons (Fsp3) is 0.727. The van der Waals surface area contributed by atoms with Gasteiger partial charge in [0.15, 0.2) is 0 Å². The molecule has 1 aliphatic rings. The second kappa shape index (κ2) is 4.44. The molecule has 0 aromatic rings. The van der Waals surface area contributed by atoms with Crippen molar-refractivity contribution in [3.05, 3.63) is 0 Å². The number of carbonyl (C=O) groups is 3. The lowest BCUT2D eigenvalue weighted by atomic mass is 9.95. The molecule has 1 fully saturated rings. The first-order valence-electron chi connectivity index (χ1n) is 5.57. The summed E-state index contributed by atoms with van der Waals surface area (Å²) >= 11 is 0. The second-order valence-electron chi connectivity index (χ2n) is 5.15. The summed E-state index contributed by atoms with van der Waals surface area (Å²) in [5, 5.41) is 0. The first-order valence-corrected chi connectivity index (χ1v) is 5.57. The van der Waals surface area contributed by atoms with Crippen molar-refractivity contribution in [3.63, 3.8) is 0 Å². The van der Waals surface area contributed by atoms with E-state index in [0.717, 1.165) is 9.80 Å². The van der Waals surface area contributed by atoms with Crippen LogP contribution in [0.25, 0.3) is 0 Å². The van der Waals surface area contributed by atoms with Gasteiger partial charge in [-0.05, 0) is 33.7 Å². The van der Waals surface area contributed by atoms with E-state index < -0.39 is 29.3 Å². The van der Waals surface area contributed by atoms with Gasteiger partial charge < -0.3 is 5.73 Å². The molecule has 1 aliphatic heterocycles. The molecule has 6 heteroatoms. The van der Waals surface area contributed by atoms with E-state index in [9.17, 15) is 14.4 Å². The molecule has 1 rings (SSSR count). The smallest absolute Gasteiger partial charge is 0.330 e. The number of nitrogens with zero attached hydrogens (tertiary/aromatic N) is 2. The summed E-state index contributed by atoms with van der Waals surface area (Å²) in [4.78, 5) is 38.0. The van der Waals surface area contributed by atoms with Crippen LogP contribution in [-0.2, 0) is 9.59 Å². The molecule has 2 N–H and O–H groups in total. The van der Waals surface area contributed by atoms with Gasteiger partial charge in [-0.25, -0.2) is 4.79 Å².